The van der Waals surface area contributed by atoms with Crippen LogP contribution in [0.5, 0.6) is 0 Å². The lowest BCUT2D eigenvalue weighted by atomic mass is 10.1. The summed E-state index contributed by atoms with van der Waals surface area (Å²) < 4.78 is 1.76. The Hall–Kier alpha value is -2.67. The fourth-order valence-electron chi connectivity index (χ4n) is 3.58. The lowest BCUT2D eigenvalue weighted by Gasteiger charge is -2.35. The number of piperazine rings is 1. The minimum atomic E-state index is -0.0386. The van der Waals surface area contributed by atoms with E-state index in [1.54, 1.807) is 10.9 Å². The standard InChI is InChI=1S/C23H33N5O2/c1-17(2)15-26-9-11-27(12-10-26)23(30)20-5-7-21(8-6-20)28-16-19(14-25-28)13-24-22(29)18(3)4/h5-8,14,16-18H,9-13,15H2,1-4H3,(H,24,29). The normalized spacial score (nSPS) is 15.1. The van der Waals surface area contributed by atoms with Crippen molar-refractivity contribution in [2.45, 2.75) is 34.2 Å². The molecule has 1 aliphatic rings. The van der Waals surface area contributed by atoms with Crippen molar-refractivity contribution in [2.24, 2.45) is 11.8 Å². The zero-order valence-electron chi connectivity index (χ0n) is 18.5. The number of benzene rings is 1. The van der Waals surface area contributed by atoms with Gasteiger partial charge in [-0.2, -0.15) is 5.10 Å². The number of rotatable bonds is 7. The number of nitrogens with zero attached hydrogens (tertiary/aromatic N) is 4. The first-order valence-electron chi connectivity index (χ1n) is 10.8. The molecule has 1 aliphatic heterocycles. The van der Waals surface area contributed by atoms with Gasteiger partial charge in [0.15, 0.2) is 0 Å². The number of carbonyl (C=O) groups excluding carboxylic acids is 2. The van der Waals surface area contributed by atoms with Gasteiger partial charge in [-0.3, -0.25) is 14.5 Å². The van der Waals surface area contributed by atoms with Crippen molar-refractivity contribution < 1.29 is 9.59 Å². The highest BCUT2D eigenvalue weighted by atomic mass is 16.2. The monoisotopic (exact) mass is 411 g/mol. The first-order valence-corrected chi connectivity index (χ1v) is 10.8. The third kappa shape index (κ3) is 5.69. The van der Waals surface area contributed by atoms with Gasteiger partial charge in [-0.25, -0.2) is 4.68 Å². The average Bonchev–Trinajstić information content (AvgIpc) is 3.20. The molecule has 1 aromatic carbocycles. The summed E-state index contributed by atoms with van der Waals surface area (Å²) in [6.07, 6.45) is 3.64. The molecular formula is C23H33N5O2. The number of aromatic nitrogens is 2. The van der Waals surface area contributed by atoms with E-state index in [-0.39, 0.29) is 17.7 Å². The minimum absolute atomic E-state index is 0.0238. The van der Waals surface area contributed by atoms with E-state index in [1.165, 1.54) is 0 Å². The zero-order valence-corrected chi connectivity index (χ0v) is 18.5. The van der Waals surface area contributed by atoms with Crippen LogP contribution in [0.3, 0.4) is 0 Å². The fraction of sp³-hybridized carbons (Fsp3) is 0.522. The quantitative estimate of drug-likeness (QED) is 0.760. The average molecular weight is 412 g/mol. The van der Waals surface area contributed by atoms with Gasteiger partial charge in [-0.1, -0.05) is 27.7 Å². The molecule has 1 saturated heterocycles. The van der Waals surface area contributed by atoms with E-state index in [0.717, 1.165) is 44.0 Å². The molecule has 1 N–H and O–H groups in total. The van der Waals surface area contributed by atoms with E-state index in [4.69, 9.17) is 0 Å². The molecule has 0 atom stereocenters. The largest absolute Gasteiger partial charge is 0.352 e. The smallest absolute Gasteiger partial charge is 0.253 e. The molecule has 0 spiro atoms. The summed E-state index contributed by atoms with van der Waals surface area (Å²) in [5.74, 6) is 0.719. The second kappa shape index (κ2) is 9.89. The summed E-state index contributed by atoms with van der Waals surface area (Å²) in [7, 11) is 0. The summed E-state index contributed by atoms with van der Waals surface area (Å²) in [6.45, 7) is 13.2. The topological polar surface area (TPSA) is 70.5 Å². The Morgan fingerprint density at radius 1 is 1.03 bits per heavy atom. The number of carbonyl (C=O) groups is 2. The van der Waals surface area contributed by atoms with Crippen LogP contribution in [0.1, 0.15) is 43.6 Å². The Morgan fingerprint density at radius 3 is 2.30 bits per heavy atom. The van der Waals surface area contributed by atoms with Crippen molar-refractivity contribution >= 4 is 11.8 Å². The Balaban J connectivity index is 1.56. The van der Waals surface area contributed by atoms with Gasteiger partial charge in [0, 0.05) is 62.5 Å². The third-order valence-electron chi connectivity index (χ3n) is 5.29. The lowest BCUT2D eigenvalue weighted by Crippen LogP contribution is -2.49. The summed E-state index contributed by atoms with van der Waals surface area (Å²) in [5, 5.41) is 7.26. The van der Waals surface area contributed by atoms with Crippen LogP contribution in [-0.2, 0) is 11.3 Å². The molecule has 30 heavy (non-hydrogen) atoms. The highest BCUT2D eigenvalue weighted by Crippen LogP contribution is 2.14. The van der Waals surface area contributed by atoms with Crippen LogP contribution in [0.15, 0.2) is 36.7 Å². The summed E-state index contributed by atoms with van der Waals surface area (Å²) in [4.78, 5) is 28.9. The van der Waals surface area contributed by atoms with Crippen LogP contribution in [0.4, 0.5) is 0 Å². The van der Waals surface area contributed by atoms with Gasteiger partial charge in [-0.15, -0.1) is 0 Å². The predicted octanol–water partition coefficient (Wildman–Crippen LogP) is 2.56. The van der Waals surface area contributed by atoms with Gasteiger partial charge in [0.05, 0.1) is 11.9 Å². The van der Waals surface area contributed by atoms with Crippen molar-refractivity contribution in [1.82, 2.24) is 24.9 Å². The van der Waals surface area contributed by atoms with Crippen molar-refractivity contribution in [3.63, 3.8) is 0 Å². The molecule has 7 heteroatoms. The van der Waals surface area contributed by atoms with Gasteiger partial charge >= 0.3 is 0 Å². The fourth-order valence-corrected chi connectivity index (χ4v) is 3.58. The molecule has 2 heterocycles. The molecule has 1 aromatic heterocycles. The Labute approximate surface area is 179 Å². The molecule has 7 nitrogen and oxygen atoms in total. The first-order chi connectivity index (χ1) is 14.3. The molecule has 2 aromatic rings. The number of nitrogens with one attached hydrogen (secondary N) is 1. The summed E-state index contributed by atoms with van der Waals surface area (Å²) >= 11 is 0. The van der Waals surface area contributed by atoms with Crippen molar-refractivity contribution in [3.8, 4) is 5.69 Å². The third-order valence-corrected chi connectivity index (χ3v) is 5.29. The van der Waals surface area contributed by atoms with Crippen LogP contribution in [0.25, 0.3) is 5.69 Å². The van der Waals surface area contributed by atoms with E-state index in [9.17, 15) is 9.59 Å². The van der Waals surface area contributed by atoms with Gasteiger partial charge in [-0.05, 0) is 30.2 Å². The highest BCUT2D eigenvalue weighted by molar-refractivity contribution is 5.94. The summed E-state index contributed by atoms with van der Waals surface area (Å²) in [6, 6.07) is 7.54. The highest BCUT2D eigenvalue weighted by Gasteiger charge is 2.22. The first kappa shape index (κ1) is 22.0. The van der Waals surface area contributed by atoms with E-state index in [0.29, 0.717) is 18.0 Å². The molecule has 0 bridgehead atoms. The van der Waals surface area contributed by atoms with Gasteiger partial charge in [0.2, 0.25) is 5.91 Å². The maximum Gasteiger partial charge on any atom is 0.253 e. The van der Waals surface area contributed by atoms with Crippen molar-refractivity contribution in [1.29, 1.82) is 0 Å². The molecule has 0 radical (unpaired) electrons. The molecule has 2 amide bonds. The number of amides is 2. The second-order valence-electron chi connectivity index (χ2n) is 8.70. The Kier molecular flexibility index (Phi) is 7.26. The van der Waals surface area contributed by atoms with E-state index in [1.807, 2.05) is 49.2 Å². The van der Waals surface area contributed by atoms with Gasteiger partial charge < -0.3 is 10.2 Å². The molecule has 0 saturated carbocycles. The van der Waals surface area contributed by atoms with E-state index in [2.05, 4.69) is 29.2 Å². The van der Waals surface area contributed by atoms with E-state index < -0.39 is 0 Å². The number of hydrogen-bond acceptors (Lipinski definition) is 4. The maximum absolute atomic E-state index is 12.8. The molecule has 3 rings (SSSR count). The molecule has 1 fully saturated rings. The summed E-state index contributed by atoms with van der Waals surface area (Å²) in [5.41, 5.74) is 2.52. The van der Waals surface area contributed by atoms with Crippen LogP contribution in [0.2, 0.25) is 0 Å². The van der Waals surface area contributed by atoms with Crippen molar-refractivity contribution in [2.75, 3.05) is 32.7 Å². The van der Waals surface area contributed by atoms with Crippen LogP contribution >= 0.6 is 0 Å². The zero-order chi connectivity index (χ0) is 21.7. The Bertz CT molecular complexity index is 849. The van der Waals surface area contributed by atoms with Crippen LogP contribution < -0.4 is 5.32 Å². The minimum Gasteiger partial charge on any atom is -0.352 e. The molecule has 0 unspecified atom stereocenters. The maximum atomic E-state index is 12.8. The van der Waals surface area contributed by atoms with Crippen LogP contribution in [0, 0.1) is 11.8 Å². The van der Waals surface area contributed by atoms with Gasteiger partial charge in [0.25, 0.3) is 5.91 Å². The molecule has 0 aliphatic carbocycles. The van der Waals surface area contributed by atoms with E-state index >= 15 is 0 Å². The van der Waals surface area contributed by atoms with Crippen molar-refractivity contribution in [3.05, 3.63) is 47.8 Å². The Morgan fingerprint density at radius 2 is 1.70 bits per heavy atom. The van der Waals surface area contributed by atoms with Crippen LogP contribution in [-0.4, -0.2) is 64.1 Å². The lowest BCUT2D eigenvalue weighted by molar-refractivity contribution is -0.124. The number of hydrogen-bond donors (Lipinski definition) is 1. The SMILES string of the molecule is CC(C)CN1CCN(C(=O)c2ccc(-n3cc(CNC(=O)C(C)C)cn3)cc2)CC1. The second-order valence-corrected chi connectivity index (χ2v) is 8.70. The molecule has 162 valence electrons. The van der Waals surface area contributed by atoms with Gasteiger partial charge in [0.1, 0.15) is 0 Å². The predicted molar refractivity (Wildman–Crippen MR) is 117 cm³/mol. The molecular weight excluding hydrogens is 378 g/mol.